The Morgan fingerprint density at radius 2 is 2.35 bits per heavy atom. The molecule has 0 aliphatic carbocycles. The lowest BCUT2D eigenvalue weighted by Crippen LogP contribution is -2.59. The normalized spacial score (nSPS) is 25.3. The summed E-state index contributed by atoms with van der Waals surface area (Å²) in [5, 5.41) is 3.10. The van der Waals surface area contributed by atoms with Crippen molar-refractivity contribution < 1.29 is 14.3 Å². The lowest BCUT2D eigenvalue weighted by Gasteiger charge is -2.43. The van der Waals surface area contributed by atoms with Crippen molar-refractivity contribution in [1.29, 1.82) is 0 Å². The number of methoxy groups -OCH3 is 1. The van der Waals surface area contributed by atoms with Gasteiger partial charge in [0.25, 0.3) is 5.91 Å². The number of nitrogens with one attached hydrogen (secondary N) is 1. The van der Waals surface area contributed by atoms with Crippen molar-refractivity contribution in [2.24, 2.45) is 0 Å². The highest BCUT2D eigenvalue weighted by atomic mass is 32.2. The highest BCUT2D eigenvalue weighted by molar-refractivity contribution is 7.99. The minimum Gasteiger partial charge on any atom is -0.480 e. The predicted molar refractivity (Wildman–Crippen MR) is 90.2 cm³/mol. The van der Waals surface area contributed by atoms with Gasteiger partial charge in [0.2, 0.25) is 5.88 Å². The van der Waals surface area contributed by atoms with E-state index in [9.17, 15) is 4.79 Å². The summed E-state index contributed by atoms with van der Waals surface area (Å²) in [5.74, 6) is 2.44. The second-order valence-electron chi connectivity index (χ2n) is 5.87. The molecule has 6 nitrogen and oxygen atoms in total. The molecule has 2 aliphatic heterocycles. The Labute approximate surface area is 140 Å². The van der Waals surface area contributed by atoms with Crippen molar-refractivity contribution in [3.05, 3.63) is 23.9 Å². The van der Waals surface area contributed by atoms with Crippen molar-refractivity contribution in [3.8, 4) is 5.88 Å². The van der Waals surface area contributed by atoms with Crippen molar-refractivity contribution in [3.63, 3.8) is 0 Å². The van der Waals surface area contributed by atoms with E-state index in [-0.39, 0.29) is 11.4 Å². The van der Waals surface area contributed by atoms with Crippen LogP contribution < -0.4 is 10.1 Å². The second kappa shape index (κ2) is 7.51. The lowest BCUT2D eigenvalue weighted by molar-refractivity contribution is -0.0129. The first-order valence-corrected chi connectivity index (χ1v) is 9.08. The molecule has 0 radical (unpaired) electrons. The number of thioether (sulfide) groups is 1. The monoisotopic (exact) mass is 337 g/mol. The van der Waals surface area contributed by atoms with Gasteiger partial charge in [-0.25, -0.2) is 4.98 Å². The number of carbonyl (C=O) groups is 1. The van der Waals surface area contributed by atoms with Gasteiger partial charge in [-0.3, -0.25) is 9.69 Å². The zero-order valence-corrected chi connectivity index (χ0v) is 14.2. The smallest absolute Gasteiger partial charge is 0.256 e. The zero-order valence-electron chi connectivity index (χ0n) is 13.4. The Morgan fingerprint density at radius 1 is 1.52 bits per heavy atom. The number of nitrogens with zero attached hydrogens (tertiary/aromatic N) is 2. The van der Waals surface area contributed by atoms with Gasteiger partial charge in [-0.2, -0.15) is 11.8 Å². The van der Waals surface area contributed by atoms with E-state index in [1.165, 1.54) is 7.11 Å². The third-order valence-electron chi connectivity index (χ3n) is 4.55. The van der Waals surface area contributed by atoms with Crippen LogP contribution in [-0.2, 0) is 4.74 Å². The lowest BCUT2D eigenvalue weighted by atomic mass is 9.95. The van der Waals surface area contributed by atoms with E-state index >= 15 is 0 Å². The number of carbonyl (C=O) groups excluding carboxylic acids is 1. The molecular weight excluding hydrogens is 314 g/mol. The number of amides is 1. The molecular formula is C16H23N3O3S. The van der Waals surface area contributed by atoms with Gasteiger partial charge in [0.05, 0.1) is 20.3 Å². The maximum atomic E-state index is 12.5. The minimum atomic E-state index is -0.125. The van der Waals surface area contributed by atoms with Crippen LogP contribution in [0.4, 0.5) is 0 Å². The molecule has 0 bridgehead atoms. The van der Waals surface area contributed by atoms with Gasteiger partial charge in [-0.05, 0) is 24.3 Å². The summed E-state index contributed by atoms with van der Waals surface area (Å²) in [6.07, 6.45) is 2.72. The van der Waals surface area contributed by atoms with Gasteiger partial charge in [0.1, 0.15) is 5.56 Å². The number of hydrogen-bond donors (Lipinski definition) is 1. The van der Waals surface area contributed by atoms with E-state index in [1.54, 1.807) is 18.3 Å². The van der Waals surface area contributed by atoms with Gasteiger partial charge in [-0.15, -0.1) is 0 Å². The first-order valence-electron chi connectivity index (χ1n) is 7.93. The molecule has 3 rings (SSSR count). The Hall–Kier alpha value is -1.31. The molecule has 0 saturated carbocycles. The third-order valence-corrected chi connectivity index (χ3v) is 5.79. The number of aromatic nitrogens is 1. The van der Waals surface area contributed by atoms with E-state index in [0.717, 1.165) is 44.2 Å². The third kappa shape index (κ3) is 3.62. The van der Waals surface area contributed by atoms with Crippen LogP contribution in [0.5, 0.6) is 5.88 Å². The average molecular weight is 337 g/mol. The SMILES string of the molecule is COc1ncccc1C(=O)NC[C@]1(N2CCOCC2)CCSC1. The molecule has 1 atom stereocenters. The van der Waals surface area contributed by atoms with Gasteiger partial charge in [0, 0.05) is 37.1 Å². The first-order chi connectivity index (χ1) is 11.2. The topological polar surface area (TPSA) is 63.7 Å². The number of ether oxygens (including phenoxy) is 2. The Balaban J connectivity index is 1.68. The van der Waals surface area contributed by atoms with Crippen LogP contribution in [0.2, 0.25) is 0 Å². The van der Waals surface area contributed by atoms with E-state index in [1.807, 2.05) is 11.8 Å². The molecule has 1 aromatic rings. The predicted octanol–water partition coefficient (Wildman–Crippen LogP) is 1.03. The fraction of sp³-hybridized carbons (Fsp3) is 0.625. The molecule has 0 aromatic carbocycles. The number of pyridine rings is 1. The highest BCUT2D eigenvalue weighted by Gasteiger charge is 2.41. The molecule has 2 aliphatic rings. The summed E-state index contributed by atoms with van der Waals surface area (Å²) in [5.41, 5.74) is 0.525. The summed E-state index contributed by atoms with van der Waals surface area (Å²) in [4.78, 5) is 19.1. The fourth-order valence-corrected chi connectivity index (χ4v) is 4.68. The molecule has 2 saturated heterocycles. The van der Waals surface area contributed by atoms with Gasteiger partial charge >= 0.3 is 0 Å². The van der Waals surface area contributed by atoms with Crippen molar-refractivity contribution in [2.75, 3.05) is 51.5 Å². The van der Waals surface area contributed by atoms with Gasteiger partial charge < -0.3 is 14.8 Å². The average Bonchev–Trinajstić information content (AvgIpc) is 3.10. The molecule has 2 fully saturated rings. The van der Waals surface area contributed by atoms with Gasteiger partial charge in [0.15, 0.2) is 0 Å². The number of morpholine rings is 1. The highest BCUT2D eigenvalue weighted by Crippen LogP contribution is 2.33. The van der Waals surface area contributed by atoms with Crippen LogP contribution in [0, 0.1) is 0 Å². The maximum Gasteiger partial charge on any atom is 0.256 e. The molecule has 126 valence electrons. The molecule has 23 heavy (non-hydrogen) atoms. The number of hydrogen-bond acceptors (Lipinski definition) is 6. The number of rotatable bonds is 5. The summed E-state index contributed by atoms with van der Waals surface area (Å²) in [6, 6.07) is 3.49. The Bertz CT molecular complexity index is 543. The molecule has 7 heteroatoms. The standard InChI is InChI=1S/C16H23N3O3S/c1-21-15-13(3-2-5-17-15)14(20)18-11-16(4-10-23-12-16)19-6-8-22-9-7-19/h2-3,5H,4,6-12H2,1H3,(H,18,20)/t16-/m1/s1. The van der Waals surface area contributed by atoms with E-state index in [4.69, 9.17) is 9.47 Å². The second-order valence-corrected chi connectivity index (χ2v) is 6.97. The Kier molecular flexibility index (Phi) is 5.40. The Morgan fingerprint density at radius 3 is 3.04 bits per heavy atom. The summed E-state index contributed by atoms with van der Waals surface area (Å²) < 4.78 is 10.6. The van der Waals surface area contributed by atoms with Crippen LogP contribution in [0.15, 0.2) is 18.3 Å². The quantitative estimate of drug-likeness (QED) is 0.866. The molecule has 0 spiro atoms. The van der Waals surface area contributed by atoms with E-state index in [2.05, 4.69) is 15.2 Å². The van der Waals surface area contributed by atoms with Crippen molar-refractivity contribution >= 4 is 17.7 Å². The molecule has 1 amide bonds. The largest absolute Gasteiger partial charge is 0.480 e. The van der Waals surface area contributed by atoms with Crippen LogP contribution in [0.1, 0.15) is 16.8 Å². The molecule has 1 N–H and O–H groups in total. The van der Waals surface area contributed by atoms with Crippen molar-refractivity contribution in [2.45, 2.75) is 12.0 Å². The van der Waals surface area contributed by atoms with Crippen LogP contribution in [0.3, 0.4) is 0 Å². The van der Waals surface area contributed by atoms with E-state index in [0.29, 0.717) is 18.0 Å². The summed E-state index contributed by atoms with van der Waals surface area (Å²) in [7, 11) is 1.53. The summed E-state index contributed by atoms with van der Waals surface area (Å²) >= 11 is 1.96. The van der Waals surface area contributed by atoms with Crippen molar-refractivity contribution in [1.82, 2.24) is 15.2 Å². The van der Waals surface area contributed by atoms with Crippen LogP contribution in [-0.4, -0.2) is 72.8 Å². The molecule has 0 unspecified atom stereocenters. The fourth-order valence-electron chi connectivity index (χ4n) is 3.20. The van der Waals surface area contributed by atoms with E-state index < -0.39 is 0 Å². The maximum absolute atomic E-state index is 12.5. The molecule has 3 heterocycles. The van der Waals surface area contributed by atoms with Crippen LogP contribution in [0.25, 0.3) is 0 Å². The first kappa shape index (κ1) is 16.5. The zero-order chi connectivity index (χ0) is 16.1. The van der Waals surface area contributed by atoms with Gasteiger partial charge in [-0.1, -0.05) is 0 Å². The minimum absolute atomic E-state index is 0.0412. The van der Waals surface area contributed by atoms with Crippen LogP contribution >= 0.6 is 11.8 Å². The summed E-state index contributed by atoms with van der Waals surface area (Å²) in [6.45, 7) is 4.07. The molecule has 1 aromatic heterocycles.